The van der Waals surface area contributed by atoms with Crippen molar-refractivity contribution in [2.24, 2.45) is 0 Å². The van der Waals surface area contributed by atoms with Crippen LogP contribution in [0.25, 0.3) is 0 Å². The summed E-state index contributed by atoms with van der Waals surface area (Å²) in [6, 6.07) is 4.80. The van der Waals surface area contributed by atoms with Crippen LogP contribution in [-0.2, 0) is 18.3 Å². The molecule has 0 aliphatic heterocycles. The first-order valence-corrected chi connectivity index (χ1v) is 9.17. The first-order chi connectivity index (χ1) is 10.5. The van der Waals surface area contributed by atoms with Crippen LogP contribution >= 0.6 is 54.0 Å². The lowest BCUT2D eigenvalue weighted by atomic mass is 10.2. The van der Waals surface area contributed by atoms with Crippen LogP contribution in [0.3, 0.4) is 0 Å². The molecule has 0 aliphatic rings. The molecule has 6 nitrogen and oxygen atoms in total. The Kier molecular flexibility index (Phi) is 7.48. The second-order valence-corrected chi connectivity index (χ2v) is 9.35. The standard InChI is InChI=1S/C12H14Cl4NO5P/c1-7-4-5-8(6-9(7)13)17-11(18)22-10(12(14,15)16)23(19,20-2)21-3/h4-6,10H,1-3H3,(H,17,18)/t10-/m0/s1. The second kappa shape index (κ2) is 8.26. The van der Waals surface area contributed by atoms with E-state index in [1.54, 1.807) is 19.1 Å². The van der Waals surface area contributed by atoms with Crippen LogP contribution in [0.15, 0.2) is 18.2 Å². The van der Waals surface area contributed by atoms with Gasteiger partial charge in [0.25, 0.3) is 5.85 Å². The number of alkyl halides is 3. The van der Waals surface area contributed by atoms with Gasteiger partial charge < -0.3 is 13.8 Å². The van der Waals surface area contributed by atoms with Gasteiger partial charge in [-0.05, 0) is 24.6 Å². The Labute approximate surface area is 153 Å². The lowest BCUT2D eigenvalue weighted by Gasteiger charge is -2.28. The molecule has 0 radical (unpaired) electrons. The predicted molar refractivity (Wildman–Crippen MR) is 92.0 cm³/mol. The van der Waals surface area contributed by atoms with E-state index in [2.05, 4.69) is 5.32 Å². The number of carbonyl (C=O) groups is 1. The number of nitrogens with one attached hydrogen (secondary N) is 1. The van der Waals surface area contributed by atoms with Crippen molar-refractivity contribution >= 4 is 65.8 Å². The van der Waals surface area contributed by atoms with E-state index >= 15 is 0 Å². The van der Waals surface area contributed by atoms with Gasteiger partial charge in [0.05, 0.1) is 0 Å². The molecule has 0 heterocycles. The molecule has 1 atom stereocenters. The maximum absolute atomic E-state index is 12.4. The molecule has 0 unspecified atom stereocenters. The number of hydrogen-bond donors (Lipinski definition) is 1. The van der Waals surface area contributed by atoms with Gasteiger partial charge in [0.1, 0.15) is 0 Å². The SMILES string of the molecule is COP(=O)(OC)[C@H](OC(=O)Nc1ccc(C)c(Cl)c1)C(Cl)(Cl)Cl. The summed E-state index contributed by atoms with van der Waals surface area (Å²) in [5, 5.41) is 2.82. The summed E-state index contributed by atoms with van der Waals surface area (Å²) in [6.45, 7) is 1.80. The number of halogens is 4. The summed E-state index contributed by atoms with van der Waals surface area (Å²) >= 11 is 23.1. The highest BCUT2D eigenvalue weighted by molar-refractivity contribution is 7.55. The molecule has 1 amide bonds. The summed E-state index contributed by atoms with van der Waals surface area (Å²) < 4.78 is 24.5. The normalized spacial score (nSPS) is 13.5. The van der Waals surface area contributed by atoms with E-state index in [4.69, 9.17) is 60.2 Å². The number of rotatable bonds is 5. The minimum Gasteiger partial charge on any atom is -0.428 e. The van der Waals surface area contributed by atoms with Gasteiger partial charge in [-0.15, -0.1) is 0 Å². The molecule has 0 spiro atoms. The van der Waals surface area contributed by atoms with E-state index in [-0.39, 0.29) is 0 Å². The first kappa shape index (κ1) is 20.8. The fraction of sp³-hybridized carbons (Fsp3) is 0.417. The maximum Gasteiger partial charge on any atom is 0.412 e. The van der Waals surface area contributed by atoms with Crippen LogP contribution in [0.5, 0.6) is 0 Å². The number of hydrogen-bond acceptors (Lipinski definition) is 5. The fourth-order valence-corrected chi connectivity index (χ4v) is 4.00. The number of anilines is 1. The van der Waals surface area contributed by atoms with Crippen molar-refractivity contribution in [1.29, 1.82) is 0 Å². The Balaban J connectivity index is 2.94. The van der Waals surface area contributed by atoms with Crippen molar-refractivity contribution in [2.75, 3.05) is 19.5 Å². The molecule has 11 heteroatoms. The van der Waals surface area contributed by atoms with Crippen molar-refractivity contribution in [1.82, 2.24) is 0 Å². The zero-order chi connectivity index (χ0) is 17.8. The van der Waals surface area contributed by atoms with Gasteiger partial charge in [-0.2, -0.15) is 0 Å². The minimum atomic E-state index is -3.99. The third-order valence-electron chi connectivity index (χ3n) is 2.71. The van der Waals surface area contributed by atoms with Gasteiger partial charge in [0, 0.05) is 24.9 Å². The number of amides is 1. The number of benzene rings is 1. The molecule has 1 rings (SSSR count). The van der Waals surface area contributed by atoms with Gasteiger partial charge in [0.15, 0.2) is 0 Å². The van der Waals surface area contributed by atoms with Crippen molar-refractivity contribution in [3.8, 4) is 0 Å². The van der Waals surface area contributed by atoms with Crippen LogP contribution in [0, 0.1) is 6.92 Å². The van der Waals surface area contributed by atoms with Crippen LogP contribution in [-0.4, -0.2) is 30.0 Å². The summed E-state index contributed by atoms with van der Waals surface area (Å²) in [6.07, 6.45) is -1.02. The maximum atomic E-state index is 12.4. The molecule has 0 bridgehead atoms. The third kappa shape index (κ3) is 5.68. The number of aryl methyl sites for hydroxylation is 1. The number of ether oxygens (including phenoxy) is 1. The van der Waals surface area contributed by atoms with E-state index < -0.39 is 23.3 Å². The molecule has 0 aliphatic carbocycles. The zero-order valence-electron chi connectivity index (χ0n) is 12.3. The van der Waals surface area contributed by atoms with Crippen molar-refractivity contribution < 1.29 is 23.1 Å². The third-order valence-corrected chi connectivity index (χ3v) is 6.26. The highest BCUT2D eigenvalue weighted by atomic mass is 35.6. The van der Waals surface area contributed by atoms with E-state index in [1.165, 1.54) is 6.07 Å². The molecule has 23 heavy (non-hydrogen) atoms. The van der Waals surface area contributed by atoms with Gasteiger partial charge in [-0.1, -0.05) is 52.5 Å². The molecular weight excluding hydrogens is 411 g/mol. The van der Waals surface area contributed by atoms with E-state index in [1.807, 2.05) is 0 Å². The molecule has 0 aromatic heterocycles. The largest absolute Gasteiger partial charge is 0.428 e. The molecule has 0 saturated carbocycles. The molecule has 0 saturated heterocycles. The van der Waals surface area contributed by atoms with Gasteiger partial charge >= 0.3 is 13.7 Å². The van der Waals surface area contributed by atoms with Crippen LogP contribution in [0.1, 0.15) is 5.56 Å². The lowest BCUT2D eigenvalue weighted by molar-refractivity contribution is 0.124. The smallest absolute Gasteiger partial charge is 0.412 e. The van der Waals surface area contributed by atoms with Crippen molar-refractivity contribution in [3.63, 3.8) is 0 Å². The molecule has 1 aromatic rings. The van der Waals surface area contributed by atoms with Crippen LogP contribution < -0.4 is 5.32 Å². The highest BCUT2D eigenvalue weighted by Crippen LogP contribution is 2.59. The Morgan fingerprint density at radius 2 is 1.83 bits per heavy atom. The van der Waals surface area contributed by atoms with Gasteiger partial charge in [0.2, 0.25) is 3.79 Å². The summed E-state index contributed by atoms with van der Waals surface area (Å²) in [4.78, 5) is 12.0. The molecule has 1 aromatic carbocycles. The average Bonchev–Trinajstić information content (AvgIpc) is 2.47. The quantitative estimate of drug-likeness (QED) is 0.507. The lowest BCUT2D eigenvalue weighted by Crippen LogP contribution is -2.34. The molecular formula is C12H14Cl4NO5P. The first-order valence-electron chi connectivity index (χ1n) is 6.05. The number of carbonyl (C=O) groups excluding carboxylic acids is 1. The molecule has 130 valence electrons. The zero-order valence-corrected chi connectivity index (χ0v) is 16.2. The summed E-state index contributed by atoms with van der Waals surface area (Å²) in [5.74, 6) is -1.77. The van der Waals surface area contributed by atoms with Crippen LogP contribution in [0.2, 0.25) is 5.02 Å². The molecule has 1 N–H and O–H groups in total. The monoisotopic (exact) mass is 423 g/mol. The van der Waals surface area contributed by atoms with E-state index in [9.17, 15) is 9.36 Å². The Hall–Kier alpha value is -0.200. The van der Waals surface area contributed by atoms with E-state index in [0.717, 1.165) is 19.8 Å². The highest BCUT2D eigenvalue weighted by Gasteiger charge is 2.51. The molecule has 0 fully saturated rings. The topological polar surface area (TPSA) is 73.9 Å². The van der Waals surface area contributed by atoms with Gasteiger partial charge in [-0.3, -0.25) is 9.88 Å². The summed E-state index contributed by atoms with van der Waals surface area (Å²) in [5.41, 5.74) is 1.17. The Morgan fingerprint density at radius 3 is 2.26 bits per heavy atom. The minimum absolute atomic E-state index is 0.346. The predicted octanol–water partition coefficient (Wildman–Crippen LogP) is 5.38. The fourth-order valence-electron chi connectivity index (χ4n) is 1.50. The van der Waals surface area contributed by atoms with E-state index in [0.29, 0.717) is 10.7 Å². The Morgan fingerprint density at radius 1 is 1.26 bits per heavy atom. The van der Waals surface area contributed by atoms with Crippen molar-refractivity contribution in [2.45, 2.75) is 16.6 Å². The van der Waals surface area contributed by atoms with Gasteiger partial charge in [-0.25, -0.2) is 4.79 Å². The average molecular weight is 425 g/mol. The van der Waals surface area contributed by atoms with Crippen LogP contribution in [0.4, 0.5) is 10.5 Å². The summed E-state index contributed by atoms with van der Waals surface area (Å²) in [7, 11) is -1.84. The Bertz CT molecular complexity index is 614. The second-order valence-electron chi connectivity index (χ2n) is 4.29. The van der Waals surface area contributed by atoms with Crippen molar-refractivity contribution in [3.05, 3.63) is 28.8 Å².